The molecule has 0 spiro atoms. The molecule has 1 aromatic carbocycles. The van der Waals surface area contributed by atoms with Crippen LogP contribution in [0.2, 0.25) is 0 Å². The molecular weight excluding hydrogens is 252 g/mol. The van der Waals surface area contributed by atoms with Crippen LogP contribution in [-0.4, -0.2) is 36.5 Å². The van der Waals surface area contributed by atoms with Crippen LogP contribution in [0.25, 0.3) is 11.0 Å². The van der Waals surface area contributed by atoms with E-state index in [1.54, 1.807) is 0 Å². The highest BCUT2D eigenvalue weighted by Gasteiger charge is 2.28. The van der Waals surface area contributed by atoms with Gasteiger partial charge in [-0.05, 0) is 26.3 Å². The number of nitrogens with zero attached hydrogens (tertiary/aromatic N) is 1. The summed E-state index contributed by atoms with van der Waals surface area (Å²) in [5.74, 6) is 0.496. The van der Waals surface area contributed by atoms with Crippen LogP contribution in [0.1, 0.15) is 28.6 Å². The molecule has 1 aliphatic rings. The number of hydrogen-bond acceptors (Lipinski definition) is 3. The predicted molar refractivity (Wildman–Crippen MR) is 79.1 cm³/mol. The zero-order valence-corrected chi connectivity index (χ0v) is 12.2. The summed E-state index contributed by atoms with van der Waals surface area (Å²) in [5.41, 5.74) is 2.84. The molecular formula is C16H20N2O2. The number of piperazine rings is 1. The van der Waals surface area contributed by atoms with Gasteiger partial charge in [0.25, 0.3) is 5.91 Å². The molecule has 0 unspecified atom stereocenters. The first-order valence-corrected chi connectivity index (χ1v) is 7.10. The van der Waals surface area contributed by atoms with Crippen molar-refractivity contribution in [3.05, 3.63) is 35.1 Å². The van der Waals surface area contributed by atoms with Gasteiger partial charge in [0.15, 0.2) is 5.76 Å². The van der Waals surface area contributed by atoms with Crippen LogP contribution in [0.4, 0.5) is 0 Å². The summed E-state index contributed by atoms with van der Waals surface area (Å²) >= 11 is 0. The number of furan rings is 1. The fourth-order valence-electron chi connectivity index (χ4n) is 2.86. The first kappa shape index (κ1) is 13.2. The number of hydrogen-bond donors (Lipinski definition) is 1. The number of aryl methyl sites for hydroxylation is 2. The number of para-hydroxylation sites is 1. The first-order chi connectivity index (χ1) is 9.59. The van der Waals surface area contributed by atoms with Crippen LogP contribution in [0.3, 0.4) is 0 Å². The van der Waals surface area contributed by atoms with Crippen LogP contribution >= 0.6 is 0 Å². The molecule has 4 heteroatoms. The van der Waals surface area contributed by atoms with Crippen LogP contribution in [0.5, 0.6) is 0 Å². The molecule has 0 bridgehead atoms. The summed E-state index contributed by atoms with van der Waals surface area (Å²) in [7, 11) is 0. The molecule has 20 heavy (non-hydrogen) atoms. The highest BCUT2D eigenvalue weighted by Crippen LogP contribution is 2.28. The summed E-state index contributed by atoms with van der Waals surface area (Å²) in [6.07, 6.45) is 0. The topological polar surface area (TPSA) is 45.5 Å². The highest BCUT2D eigenvalue weighted by atomic mass is 16.3. The van der Waals surface area contributed by atoms with Gasteiger partial charge in [-0.2, -0.15) is 0 Å². The normalized spacial score (nSPS) is 19.6. The Balaban J connectivity index is 2.03. The Bertz CT molecular complexity index is 660. The predicted octanol–water partition coefficient (Wildman–Crippen LogP) is 2.48. The molecule has 106 valence electrons. The highest BCUT2D eigenvalue weighted by molar-refractivity contribution is 5.99. The molecule has 1 aliphatic heterocycles. The molecule has 1 aromatic heterocycles. The third-order valence-electron chi connectivity index (χ3n) is 4.12. The van der Waals surface area contributed by atoms with Crippen LogP contribution < -0.4 is 5.32 Å². The summed E-state index contributed by atoms with van der Waals surface area (Å²) < 4.78 is 5.88. The minimum atomic E-state index is 0.00657. The van der Waals surface area contributed by atoms with Crippen molar-refractivity contribution in [2.45, 2.75) is 26.8 Å². The molecule has 1 atom stereocenters. The Labute approximate surface area is 118 Å². The van der Waals surface area contributed by atoms with Crippen LogP contribution in [0.15, 0.2) is 22.6 Å². The molecule has 1 fully saturated rings. The van der Waals surface area contributed by atoms with Crippen molar-refractivity contribution < 1.29 is 9.21 Å². The molecule has 1 amide bonds. The van der Waals surface area contributed by atoms with E-state index < -0.39 is 0 Å². The maximum atomic E-state index is 12.7. The second-order valence-electron chi connectivity index (χ2n) is 5.56. The second-order valence-corrected chi connectivity index (χ2v) is 5.56. The van der Waals surface area contributed by atoms with Crippen LogP contribution in [-0.2, 0) is 0 Å². The summed E-state index contributed by atoms with van der Waals surface area (Å²) in [5, 5.41) is 4.33. The number of fused-ring (bicyclic) bond motifs is 1. The molecule has 0 radical (unpaired) electrons. The quantitative estimate of drug-likeness (QED) is 0.867. The first-order valence-electron chi connectivity index (χ1n) is 7.10. The number of benzene rings is 1. The number of carbonyl (C=O) groups is 1. The van der Waals surface area contributed by atoms with E-state index in [-0.39, 0.29) is 11.9 Å². The number of nitrogens with one attached hydrogen (secondary N) is 1. The minimum absolute atomic E-state index is 0.00657. The lowest BCUT2D eigenvalue weighted by Crippen LogP contribution is -2.52. The Morgan fingerprint density at radius 2 is 2.20 bits per heavy atom. The van der Waals surface area contributed by atoms with Crippen molar-refractivity contribution in [2.75, 3.05) is 19.6 Å². The smallest absolute Gasteiger partial charge is 0.290 e. The van der Waals surface area contributed by atoms with E-state index in [9.17, 15) is 4.79 Å². The van der Waals surface area contributed by atoms with E-state index in [2.05, 4.69) is 12.2 Å². The fourth-order valence-corrected chi connectivity index (χ4v) is 2.86. The lowest BCUT2D eigenvalue weighted by molar-refractivity contribution is 0.0624. The van der Waals surface area contributed by atoms with Gasteiger partial charge >= 0.3 is 0 Å². The van der Waals surface area contributed by atoms with E-state index in [1.165, 1.54) is 0 Å². The van der Waals surface area contributed by atoms with Gasteiger partial charge in [-0.15, -0.1) is 0 Å². The molecule has 0 aliphatic carbocycles. The number of carbonyl (C=O) groups excluding carboxylic acids is 1. The van der Waals surface area contributed by atoms with Crippen LogP contribution in [0, 0.1) is 13.8 Å². The van der Waals surface area contributed by atoms with E-state index in [0.29, 0.717) is 5.76 Å². The van der Waals surface area contributed by atoms with Gasteiger partial charge in [-0.25, -0.2) is 0 Å². The van der Waals surface area contributed by atoms with E-state index in [0.717, 1.165) is 41.7 Å². The molecule has 3 rings (SSSR count). The average Bonchev–Trinajstić information content (AvgIpc) is 2.78. The third-order valence-corrected chi connectivity index (χ3v) is 4.12. The van der Waals surface area contributed by atoms with Gasteiger partial charge in [0.05, 0.1) is 0 Å². The van der Waals surface area contributed by atoms with Crippen molar-refractivity contribution in [3.8, 4) is 0 Å². The zero-order chi connectivity index (χ0) is 14.3. The van der Waals surface area contributed by atoms with Crippen molar-refractivity contribution in [3.63, 3.8) is 0 Å². The van der Waals surface area contributed by atoms with Gasteiger partial charge in [0, 0.05) is 36.6 Å². The Morgan fingerprint density at radius 1 is 1.40 bits per heavy atom. The summed E-state index contributed by atoms with van der Waals surface area (Å²) in [6.45, 7) is 8.44. The van der Waals surface area contributed by atoms with Crippen molar-refractivity contribution >= 4 is 16.9 Å². The lowest BCUT2D eigenvalue weighted by Gasteiger charge is -2.33. The summed E-state index contributed by atoms with van der Waals surface area (Å²) in [6, 6.07) is 6.22. The standard InChI is InChI=1S/C16H20N2O2/c1-10-5-4-6-13-12(3)15(20-14(10)13)16(19)18-8-7-17-9-11(18)2/h4-6,11,17H,7-9H2,1-3H3/t11-/m1/s1. The zero-order valence-electron chi connectivity index (χ0n) is 12.2. The SMILES string of the molecule is Cc1c(C(=O)N2CCNC[C@H]2C)oc2c(C)cccc12. The maximum Gasteiger partial charge on any atom is 0.290 e. The molecule has 1 N–H and O–H groups in total. The molecule has 2 heterocycles. The van der Waals surface area contributed by atoms with E-state index in [1.807, 2.05) is 36.9 Å². The summed E-state index contributed by atoms with van der Waals surface area (Å²) in [4.78, 5) is 14.6. The van der Waals surface area contributed by atoms with Gasteiger partial charge in [-0.3, -0.25) is 4.79 Å². The van der Waals surface area contributed by atoms with Gasteiger partial charge in [0.1, 0.15) is 5.58 Å². The molecule has 0 saturated carbocycles. The van der Waals surface area contributed by atoms with Crippen molar-refractivity contribution in [2.24, 2.45) is 0 Å². The Hall–Kier alpha value is -1.81. The minimum Gasteiger partial charge on any atom is -0.450 e. The van der Waals surface area contributed by atoms with Gasteiger partial charge in [0.2, 0.25) is 0 Å². The van der Waals surface area contributed by atoms with Gasteiger partial charge < -0.3 is 14.6 Å². The van der Waals surface area contributed by atoms with Crippen molar-refractivity contribution in [1.82, 2.24) is 10.2 Å². The number of amides is 1. The fraction of sp³-hybridized carbons (Fsp3) is 0.438. The monoisotopic (exact) mass is 272 g/mol. The average molecular weight is 272 g/mol. The Kier molecular flexibility index (Phi) is 3.26. The molecule has 2 aromatic rings. The number of rotatable bonds is 1. The lowest BCUT2D eigenvalue weighted by atomic mass is 10.1. The molecule has 1 saturated heterocycles. The van der Waals surface area contributed by atoms with Crippen molar-refractivity contribution in [1.29, 1.82) is 0 Å². The largest absolute Gasteiger partial charge is 0.450 e. The molecule has 4 nitrogen and oxygen atoms in total. The maximum absolute atomic E-state index is 12.7. The van der Waals surface area contributed by atoms with E-state index >= 15 is 0 Å². The third kappa shape index (κ3) is 2.00. The van der Waals surface area contributed by atoms with E-state index in [4.69, 9.17) is 4.42 Å². The Morgan fingerprint density at radius 3 is 2.90 bits per heavy atom. The second kappa shape index (κ2) is 4.94. The van der Waals surface area contributed by atoms with Gasteiger partial charge in [-0.1, -0.05) is 18.2 Å².